The van der Waals surface area contributed by atoms with Gasteiger partial charge in [0.05, 0.1) is 0 Å². The minimum absolute atomic E-state index is 0.118. The van der Waals surface area contributed by atoms with Crippen LogP contribution in [0.25, 0.3) is 0 Å². The third-order valence-corrected chi connectivity index (χ3v) is 2.88. The van der Waals surface area contributed by atoms with Crippen molar-refractivity contribution >= 4 is 28.6 Å². The molecule has 1 aliphatic carbocycles. The molecule has 1 aliphatic heterocycles. The number of carbonyl (C=O) groups is 1. The summed E-state index contributed by atoms with van der Waals surface area (Å²) >= 11 is 2.12. The first-order valence-electron chi connectivity index (χ1n) is 4.08. The molecule has 0 N–H and O–H groups in total. The molecule has 1 heterocycles. The van der Waals surface area contributed by atoms with Crippen molar-refractivity contribution < 1.29 is 9.53 Å². The van der Waals surface area contributed by atoms with Gasteiger partial charge in [0.25, 0.3) is 0 Å². The first-order chi connectivity index (χ1) is 5.83. The fourth-order valence-electron chi connectivity index (χ4n) is 1.71. The van der Waals surface area contributed by atoms with Gasteiger partial charge >= 0.3 is 5.97 Å². The summed E-state index contributed by atoms with van der Waals surface area (Å²) in [5.41, 5.74) is 2.07. The Morgan fingerprint density at radius 2 is 1.92 bits per heavy atom. The summed E-state index contributed by atoms with van der Waals surface area (Å²) in [5.74, 6) is 0.669. The Kier molecular flexibility index (Phi) is 2.21. The van der Waals surface area contributed by atoms with E-state index in [-0.39, 0.29) is 5.97 Å². The maximum Gasteiger partial charge on any atom is 0.339 e. The van der Waals surface area contributed by atoms with E-state index in [4.69, 9.17) is 4.74 Å². The molecule has 0 spiro atoms. The molecule has 0 aromatic carbocycles. The van der Waals surface area contributed by atoms with E-state index in [1.54, 1.807) is 0 Å². The van der Waals surface area contributed by atoms with Crippen molar-refractivity contribution in [1.82, 2.24) is 0 Å². The van der Waals surface area contributed by atoms with Gasteiger partial charge < -0.3 is 4.74 Å². The second kappa shape index (κ2) is 3.20. The van der Waals surface area contributed by atoms with Crippen molar-refractivity contribution in [3.63, 3.8) is 0 Å². The fraction of sp³-hybridized carbons (Fsp3) is 0.444. The molecule has 0 amide bonds. The van der Waals surface area contributed by atoms with Gasteiger partial charge in [0, 0.05) is 15.2 Å². The number of ether oxygens (including phenoxy) is 1. The molecule has 2 aliphatic rings. The van der Waals surface area contributed by atoms with Gasteiger partial charge in [-0.05, 0) is 48.3 Å². The van der Waals surface area contributed by atoms with E-state index < -0.39 is 0 Å². The van der Waals surface area contributed by atoms with Crippen LogP contribution in [0.5, 0.6) is 0 Å². The zero-order valence-electron chi connectivity index (χ0n) is 6.60. The lowest BCUT2D eigenvalue weighted by atomic mass is 9.93. The van der Waals surface area contributed by atoms with E-state index in [9.17, 15) is 4.79 Å². The normalized spacial score (nSPS) is 26.1. The predicted molar refractivity (Wildman–Crippen MR) is 53.7 cm³/mol. The van der Waals surface area contributed by atoms with E-state index in [1.807, 2.05) is 4.08 Å². The molecule has 3 heteroatoms. The maximum absolute atomic E-state index is 11.3. The molecule has 0 saturated carbocycles. The predicted octanol–water partition coefficient (Wildman–Crippen LogP) is 2.69. The van der Waals surface area contributed by atoms with Crippen molar-refractivity contribution in [3.05, 3.63) is 21.0 Å². The van der Waals surface area contributed by atoms with Crippen LogP contribution in [-0.2, 0) is 9.53 Å². The Morgan fingerprint density at radius 3 is 2.58 bits per heavy atom. The Labute approximate surface area is 84.8 Å². The average Bonchev–Trinajstić information content (AvgIpc) is 2.44. The molecule has 2 nitrogen and oxygen atoms in total. The van der Waals surface area contributed by atoms with Crippen molar-refractivity contribution in [2.45, 2.75) is 25.7 Å². The summed E-state index contributed by atoms with van der Waals surface area (Å²) in [6, 6.07) is 0. The number of hydrogen-bond donors (Lipinski definition) is 0. The number of allylic oxidation sites excluding steroid dienone is 1. The fourth-order valence-corrected chi connectivity index (χ4v) is 2.22. The van der Waals surface area contributed by atoms with E-state index in [2.05, 4.69) is 22.6 Å². The Morgan fingerprint density at radius 1 is 1.25 bits per heavy atom. The third-order valence-electron chi connectivity index (χ3n) is 2.31. The number of carbonyl (C=O) groups excluding carboxylic acids is 1. The van der Waals surface area contributed by atoms with Gasteiger partial charge in [-0.1, -0.05) is 0 Å². The molecule has 0 aromatic heterocycles. The SMILES string of the molecule is O=C1O/C(=C/I)C2=C1CCCC2. The number of esters is 1. The smallest absolute Gasteiger partial charge is 0.339 e. The molecule has 64 valence electrons. The Hall–Kier alpha value is -0.320. The molecule has 0 unspecified atom stereocenters. The van der Waals surface area contributed by atoms with Crippen LogP contribution in [-0.4, -0.2) is 5.97 Å². The van der Waals surface area contributed by atoms with Crippen LogP contribution in [0.15, 0.2) is 21.0 Å². The zero-order chi connectivity index (χ0) is 8.55. The lowest BCUT2D eigenvalue weighted by molar-refractivity contribution is -0.133. The zero-order valence-corrected chi connectivity index (χ0v) is 8.76. The topological polar surface area (TPSA) is 26.3 Å². The molecular weight excluding hydrogens is 267 g/mol. The summed E-state index contributed by atoms with van der Waals surface area (Å²) in [7, 11) is 0. The molecule has 0 aromatic rings. The summed E-state index contributed by atoms with van der Waals surface area (Å²) in [6.07, 6.45) is 4.23. The number of hydrogen-bond acceptors (Lipinski definition) is 2. The highest BCUT2D eigenvalue weighted by atomic mass is 127. The molecule has 0 radical (unpaired) electrons. The highest BCUT2D eigenvalue weighted by Crippen LogP contribution is 2.37. The monoisotopic (exact) mass is 276 g/mol. The standard InChI is InChI=1S/C9H9IO2/c10-5-8-6-3-1-2-4-7(6)9(11)12-8/h5H,1-4H2/b8-5+. The molecule has 0 fully saturated rings. The van der Waals surface area contributed by atoms with Gasteiger partial charge in [-0.2, -0.15) is 0 Å². The van der Waals surface area contributed by atoms with Gasteiger partial charge in [0.2, 0.25) is 0 Å². The van der Waals surface area contributed by atoms with Crippen LogP contribution in [0.4, 0.5) is 0 Å². The van der Waals surface area contributed by atoms with Gasteiger partial charge in [0.1, 0.15) is 5.76 Å². The Bertz CT molecular complexity index is 289. The van der Waals surface area contributed by atoms with Crippen LogP contribution >= 0.6 is 22.6 Å². The van der Waals surface area contributed by atoms with E-state index in [0.29, 0.717) is 0 Å². The third kappa shape index (κ3) is 1.20. The van der Waals surface area contributed by atoms with E-state index >= 15 is 0 Å². The number of cyclic esters (lactones) is 1. The van der Waals surface area contributed by atoms with Gasteiger partial charge in [0.15, 0.2) is 0 Å². The Balaban J connectivity index is 2.40. The number of rotatable bonds is 0. The molecule has 12 heavy (non-hydrogen) atoms. The van der Waals surface area contributed by atoms with Crippen LogP contribution in [0, 0.1) is 0 Å². The van der Waals surface area contributed by atoms with Gasteiger partial charge in [-0.15, -0.1) is 0 Å². The summed E-state index contributed by atoms with van der Waals surface area (Å²) in [6.45, 7) is 0. The van der Waals surface area contributed by atoms with Crippen LogP contribution in [0.2, 0.25) is 0 Å². The minimum atomic E-state index is -0.118. The van der Waals surface area contributed by atoms with Gasteiger partial charge in [-0.25, -0.2) is 4.79 Å². The highest BCUT2D eigenvalue weighted by molar-refractivity contribution is 14.1. The lowest BCUT2D eigenvalue weighted by Crippen LogP contribution is -2.01. The van der Waals surface area contributed by atoms with Crippen molar-refractivity contribution in [1.29, 1.82) is 0 Å². The summed E-state index contributed by atoms with van der Waals surface area (Å²) in [4.78, 5) is 11.3. The molecule has 2 rings (SSSR count). The molecule has 0 saturated heterocycles. The summed E-state index contributed by atoms with van der Waals surface area (Å²) < 4.78 is 6.95. The first-order valence-corrected chi connectivity index (χ1v) is 5.32. The van der Waals surface area contributed by atoms with E-state index in [1.165, 1.54) is 6.42 Å². The first kappa shape index (κ1) is 8.29. The minimum Gasteiger partial charge on any atom is -0.422 e. The van der Waals surface area contributed by atoms with E-state index in [0.717, 1.165) is 36.2 Å². The van der Waals surface area contributed by atoms with Gasteiger partial charge in [-0.3, -0.25) is 0 Å². The second-order valence-electron chi connectivity index (χ2n) is 3.03. The van der Waals surface area contributed by atoms with Crippen molar-refractivity contribution in [3.8, 4) is 0 Å². The second-order valence-corrected chi connectivity index (χ2v) is 3.65. The lowest BCUT2D eigenvalue weighted by Gasteiger charge is -2.09. The molecular formula is C9H9IO2. The van der Waals surface area contributed by atoms with Crippen LogP contribution in [0.3, 0.4) is 0 Å². The van der Waals surface area contributed by atoms with Crippen molar-refractivity contribution in [2.75, 3.05) is 0 Å². The maximum atomic E-state index is 11.3. The molecule has 0 atom stereocenters. The quantitative estimate of drug-likeness (QED) is 0.502. The van der Waals surface area contributed by atoms with Crippen molar-refractivity contribution in [2.24, 2.45) is 0 Å². The highest BCUT2D eigenvalue weighted by Gasteiger charge is 2.30. The molecule has 0 bridgehead atoms. The number of halogens is 1. The van der Waals surface area contributed by atoms with Crippen LogP contribution in [0.1, 0.15) is 25.7 Å². The summed E-state index contributed by atoms with van der Waals surface area (Å²) in [5, 5.41) is 0. The van der Waals surface area contributed by atoms with Crippen LogP contribution < -0.4 is 0 Å². The largest absolute Gasteiger partial charge is 0.422 e. The average molecular weight is 276 g/mol.